The van der Waals surface area contributed by atoms with Gasteiger partial charge in [-0.1, -0.05) is 55.5 Å². The smallest absolute Gasteiger partial charge is 0.258 e. The Balaban J connectivity index is 2.15. The largest absolute Gasteiger partial charge is 0.277 e. The van der Waals surface area contributed by atoms with Crippen molar-refractivity contribution in [1.29, 1.82) is 0 Å². The summed E-state index contributed by atoms with van der Waals surface area (Å²) in [6.45, 7) is 1.78. The van der Waals surface area contributed by atoms with E-state index in [-0.39, 0.29) is 50.4 Å². The molecule has 0 fully saturated rings. The Morgan fingerprint density at radius 1 is 0.488 bits per heavy atom. The van der Waals surface area contributed by atoms with Gasteiger partial charge in [-0.25, -0.2) is 0 Å². The van der Waals surface area contributed by atoms with Crippen molar-refractivity contribution in [3.8, 4) is 0 Å². The molecule has 4 aromatic rings. The minimum Gasteiger partial charge on any atom is -0.258 e. The summed E-state index contributed by atoms with van der Waals surface area (Å²) >= 11 is 0. The second kappa shape index (κ2) is 12.7. The number of para-hydroxylation sites is 4. The molecule has 0 aliphatic carbocycles. The van der Waals surface area contributed by atoms with Crippen molar-refractivity contribution in [2.24, 2.45) is 0 Å². The van der Waals surface area contributed by atoms with Gasteiger partial charge in [0.15, 0.2) is 0 Å². The lowest BCUT2D eigenvalue weighted by Gasteiger charge is -2.34. The lowest BCUT2D eigenvalue weighted by molar-refractivity contribution is -0.384. The van der Waals surface area contributed by atoms with Crippen molar-refractivity contribution in [1.82, 2.24) is 0 Å². The molecule has 14 heteroatoms. The first-order chi connectivity index (χ1) is 19.7. The van der Waals surface area contributed by atoms with E-state index >= 15 is 0 Å². The zero-order valence-corrected chi connectivity index (χ0v) is 23.3. The van der Waals surface area contributed by atoms with Crippen LogP contribution in [0.3, 0.4) is 0 Å². The molecule has 0 N–H and O–H groups in total. The maximum absolute atomic E-state index is 12.2. The minimum absolute atomic E-state index is 0.235. The van der Waals surface area contributed by atoms with Crippen LogP contribution in [-0.4, -0.2) is 25.1 Å². The maximum Gasteiger partial charge on any atom is 0.277 e. The fraction of sp³-hybridized carbons (Fsp3) is 0.111. The Morgan fingerprint density at radius 3 is 0.902 bits per heavy atom. The molecule has 0 saturated heterocycles. The molecule has 0 aliphatic rings. The van der Waals surface area contributed by atoms with Crippen molar-refractivity contribution in [2.75, 3.05) is 0 Å². The molecule has 0 radical (unpaired) electrons. The number of hydrogen-bond donors (Lipinski definition) is 0. The number of nitrogens with zero attached hydrogens (tertiary/aromatic N) is 4. The molecular formula is C27H22N4O8P2. The van der Waals surface area contributed by atoms with Crippen molar-refractivity contribution in [3.63, 3.8) is 0 Å². The quantitative estimate of drug-likeness (QED) is 0.123. The molecule has 4 rings (SSSR count). The highest BCUT2D eigenvalue weighted by atomic mass is 31.2. The van der Waals surface area contributed by atoms with Crippen LogP contribution in [0.1, 0.15) is 13.3 Å². The summed E-state index contributed by atoms with van der Waals surface area (Å²) < 4.78 is 0. The molecule has 0 amide bonds. The SMILES string of the molecule is CCC(P(c1ccccc1[N+](=O)[O-])c1ccccc1[N+](=O)[O-])P(c1ccccc1[N+](=O)[O-])c1ccccc1[N+](=O)[O-]. The van der Waals surface area contributed by atoms with Gasteiger partial charge in [-0.05, 0) is 46.5 Å². The summed E-state index contributed by atoms with van der Waals surface area (Å²) in [6, 6.07) is 23.7. The summed E-state index contributed by atoms with van der Waals surface area (Å²) in [7, 11) is -3.94. The van der Waals surface area contributed by atoms with E-state index in [0.717, 1.165) is 0 Å². The van der Waals surface area contributed by atoms with E-state index in [9.17, 15) is 40.5 Å². The Hall–Kier alpha value is -4.66. The molecule has 0 unspecified atom stereocenters. The van der Waals surface area contributed by atoms with Crippen LogP contribution in [0, 0.1) is 40.5 Å². The number of nitro groups is 4. The Morgan fingerprint density at radius 2 is 0.707 bits per heavy atom. The van der Waals surface area contributed by atoms with Crippen molar-refractivity contribution >= 4 is 59.8 Å². The summed E-state index contributed by atoms with van der Waals surface area (Å²) in [4.78, 5) is 46.5. The van der Waals surface area contributed by atoms with E-state index in [0.29, 0.717) is 0 Å². The zero-order valence-electron chi connectivity index (χ0n) is 21.5. The average Bonchev–Trinajstić information content (AvgIpc) is 2.97. The fourth-order valence-corrected chi connectivity index (χ4v) is 12.2. The first-order valence-corrected chi connectivity index (χ1v) is 15.0. The van der Waals surface area contributed by atoms with Gasteiger partial charge in [-0.3, -0.25) is 40.5 Å². The van der Waals surface area contributed by atoms with E-state index < -0.39 is 40.9 Å². The van der Waals surface area contributed by atoms with Crippen LogP contribution in [-0.2, 0) is 0 Å². The van der Waals surface area contributed by atoms with Gasteiger partial charge >= 0.3 is 0 Å². The number of hydrogen-bond acceptors (Lipinski definition) is 8. The van der Waals surface area contributed by atoms with E-state index in [4.69, 9.17) is 0 Å². The standard InChI is InChI=1S/C27H22N4O8P2/c1-2-27(40(23-15-7-3-11-19(23)28(32)33)24-16-8-4-12-20(24)29(34)35)41(25-17-9-5-13-21(25)30(36)37)26-18-10-6-14-22(26)31(38)39/h3-18,27H,2H2,1H3. The molecule has 0 bridgehead atoms. The van der Waals surface area contributed by atoms with Gasteiger partial charge in [-0.2, -0.15) is 0 Å². The summed E-state index contributed by atoms with van der Waals surface area (Å²) in [6.07, 6.45) is 0.258. The lowest BCUT2D eigenvalue weighted by atomic mass is 10.3. The normalized spacial score (nSPS) is 11.1. The summed E-state index contributed by atoms with van der Waals surface area (Å²) in [5.74, 6) is 0. The second-order valence-corrected chi connectivity index (χ2v) is 13.7. The third-order valence-electron chi connectivity index (χ3n) is 6.31. The van der Waals surface area contributed by atoms with Crippen LogP contribution >= 0.6 is 15.8 Å². The maximum atomic E-state index is 12.2. The highest BCUT2D eigenvalue weighted by molar-refractivity contribution is 7.90. The van der Waals surface area contributed by atoms with Gasteiger partial charge in [0.05, 0.1) is 40.9 Å². The van der Waals surface area contributed by atoms with E-state index in [1.54, 1.807) is 31.2 Å². The van der Waals surface area contributed by atoms with Gasteiger partial charge in [0.1, 0.15) is 0 Å². The van der Waals surface area contributed by atoms with Crippen LogP contribution < -0.4 is 21.2 Å². The number of nitro benzene ring substituents is 4. The van der Waals surface area contributed by atoms with E-state index in [1.165, 1.54) is 72.8 Å². The van der Waals surface area contributed by atoms with Crippen LogP contribution in [0.25, 0.3) is 0 Å². The van der Waals surface area contributed by atoms with Crippen LogP contribution in [0.5, 0.6) is 0 Å². The summed E-state index contributed by atoms with van der Waals surface area (Å²) in [5, 5.41) is 49.0. The molecule has 12 nitrogen and oxygen atoms in total. The van der Waals surface area contributed by atoms with E-state index in [1.807, 2.05) is 0 Å². The first-order valence-electron chi connectivity index (χ1n) is 12.2. The van der Waals surface area contributed by atoms with Gasteiger partial charge < -0.3 is 0 Å². The third kappa shape index (κ3) is 5.94. The first kappa shape index (κ1) is 29.3. The molecule has 208 valence electrons. The molecule has 0 aromatic heterocycles. The topological polar surface area (TPSA) is 173 Å². The monoisotopic (exact) mass is 592 g/mol. The van der Waals surface area contributed by atoms with Crippen LogP contribution in [0.15, 0.2) is 97.1 Å². The van der Waals surface area contributed by atoms with Crippen LogP contribution in [0.4, 0.5) is 22.7 Å². The molecular weight excluding hydrogens is 570 g/mol. The average molecular weight is 592 g/mol. The molecule has 0 heterocycles. The molecule has 41 heavy (non-hydrogen) atoms. The third-order valence-corrected chi connectivity index (χ3v) is 13.2. The predicted molar refractivity (Wildman–Crippen MR) is 159 cm³/mol. The highest BCUT2D eigenvalue weighted by Crippen LogP contribution is 2.61. The molecule has 0 saturated carbocycles. The van der Waals surface area contributed by atoms with Gasteiger partial charge in [-0.15, -0.1) is 0 Å². The second-order valence-electron chi connectivity index (χ2n) is 8.61. The Kier molecular flexibility index (Phi) is 9.07. The summed E-state index contributed by atoms with van der Waals surface area (Å²) in [5.41, 5.74) is -1.02. The van der Waals surface area contributed by atoms with Gasteiger partial charge in [0.25, 0.3) is 22.7 Å². The molecule has 0 aliphatic heterocycles. The van der Waals surface area contributed by atoms with E-state index in [2.05, 4.69) is 0 Å². The van der Waals surface area contributed by atoms with Crippen molar-refractivity contribution in [3.05, 3.63) is 138 Å². The minimum atomic E-state index is -1.97. The molecule has 4 aromatic carbocycles. The number of benzene rings is 4. The number of rotatable bonds is 11. The van der Waals surface area contributed by atoms with Gasteiger partial charge in [0.2, 0.25) is 0 Å². The van der Waals surface area contributed by atoms with Gasteiger partial charge in [0, 0.05) is 29.7 Å². The van der Waals surface area contributed by atoms with Crippen LogP contribution in [0.2, 0.25) is 0 Å². The molecule has 0 spiro atoms. The fourth-order valence-electron chi connectivity index (χ4n) is 4.67. The zero-order chi connectivity index (χ0) is 29.7. The van der Waals surface area contributed by atoms with Crippen molar-refractivity contribution < 1.29 is 19.7 Å². The Labute approximate surface area is 235 Å². The Bertz CT molecular complexity index is 1420. The lowest BCUT2D eigenvalue weighted by Crippen LogP contribution is -2.30. The van der Waals surface area contributed by atoms with Crippen molar-refractivity contribution in [2.45, 2.75) is 18.7 Å². The highest BCUT2D eigenvalue weighted by Gasteiger charge is 2.42. The molecule has 0 atom stereocenters. The predicted octanol–water partition coefficient (Wildman–Crippen LogP) is 5.62.